The highest BCUT2D eigenvalue weighted by Crippen LogP contribution is 2.27. The van der Waals surface area contributed by atoms with Crippen LogP contribution in [0.15, 0.2) is 0 Å². The third kappa shape index (κ3) is 3.01. The van der Waals surface area contributed by atoms with Gasteiger partial charge in [0.1, 0.15) is 24.4 Å². The summed E-state index contributed by atoms with van der Waals surface area (Å²) in [6.45, 7) is -0.421. The molecule has 0 aromatic heterocycles. The molecule has 2 aliphatic rings. The van der Waals surface area contributed by atoms with Crippen molar-refractivity contribution in [3.63, 3.8) is 0 Å². The van der Waals surface area contributed by atoms with E-state index in [1.165, 1.54) is 6.42 Å². The van der Waals surface area contributed by atoms with Gasteiger partial charge in [0.2, 0.25) is 0 Å². The maximum Gasteiger partial charge on any atom is 0.186 e. The molecular formula is C12H22O6. The van der Waals surface area contributed by atoms with Crippen molar-refractivity contribution in [3.05, 3.63) is 0 Å². The van der Waals surface area contributed by atoms with Crippen molar-refractivity contribution in [2.24, 2.45) is 0 Å². The van der Waals surface area contributed by atoms with Crippen molar-refractivity contribution < 1.29 is 29.9 Å². The van der Waals surface area contributed by atoms with Crippen molar-refractivity contribution >= 4 is 0 Å². The Bertz CT molecular complexity index is 253. The van der Waals surface area contributed by atoms with Crippen LogP contribution in [0.2, 0.25) is 0 Å². The van der Waals surface area contributed by atoms with Gasteiger partial charge in [-0.25, -0.2) is 0 Å². The number of aliphatic hydroxyl groups is 4. The first-order valence-corrected chi connectivity index (χ1v) is 6.59. The lowest BCUT2D eigenvalue weighted by molar-refractivity contribution is -0.312. The molecule has 1 aliphatic carbocycles. The van der Waals surface area contributed by atoms with Gasteiger partial charge in [-0.15, -0.1) is 0 Å². The second-order valence-electron chi connectivity index (χ2n) is 5.09. The summed E-state index contributed by atoms with van der Waals surface area (Å²) in [5.41, 5.74) is 0. The predicted octanol–water partition coefficient (Wildman–Crippen LogP) is -0.864. The zero-order chi connectivity index (χ0) is 13.1. The standard InChI is InChI=1S/C12H22O6/c13-6-8-9(14)10(15)11(16)12(18-8)17-7-4-2-1-3-5-7/h7-16H,1-6H2/t8-,9+,10+,11-,12-/m1/s1. The predicted molar refractivity (Wildman–Crippen MR) is 61.7 cm³/mol. The maximum absolute atomic E-state index is 9.81. The lowest BCUT2D eigenvalue weighted by Gasteiger charge is -2.41. The lowest BCUT2D eigenvalue weighted by Crippen LogP contribution is -2.59. The van der Waals surface area contributed by atoms with Crippen LogP contribution in [-0.4, -0.2) is 63.8 Å². The molecule has 2 rings (SSSR count). The van der Waals surface area contributed by atoms with E-state index in [1.807, 2.05) is 0 Å². The third-order valence-corrected chi connectivity index (χ3v) is 3.73. The van der Waals surface area contributed by atoms with Crippen LogP contribution in [0.1, 0.15) is 32.1 Å². The Labute approximate surface area is 106 Å². The van der Waals surface area contributed by atoms with Gasteiger partial charge >= 0.3 is 0 Å². The molecule has 1 aliphatic heterocycles. The molecule has 6 nitrogen and oxygen atoms in total. The van der Waals surface area contributed by atoms with Crippen LogP contribution in [0.5, 0.6) is 0 Å². The molecule has 0 unspecified atom stereocenters. The fourth-order valence-electron chi connectivity index (χ4n) is 2.57. The first kappa shape index (κ1) is 14.2. The molecule has 18 heavy (non-hydrogen) atoms. The number of aliphatic hydroxyl groups excluding tert-OH is 4. The zero-order valence-electron chi connectivity index (χ0n) is 10.3. The molecule has 6 heteroatoms. The van der Waals surface area contributed by atoms with E-state index in [4.69, 9.17) is 14.6 Å². The van der Waals surface area contributed by atoms with Crippen LogP contribution < -0.4 is 0 Å². The van der Waals surface area contributed by atoms with Gasteiger partial charge in [-0.05, 0) is 12.8 Å². The highest BCUT2D eigenvalue weighted by atomic mass is 16.7. The summed E-state index contributed by atoms with van der Waals surface area (Å²) in [5.74, 6) is 0. The van der Waals surface area contributed by atoms with E-state index in [0.717, 1.165) is 25.7 Å². The second kappa shape index (κ2) is 6.27. The van der Waals surface area contributed by atoms with E-state index in [9.17, 15) is 15.3 Å². The molecule has 2 fully saturated rings. The molecule has 0 spiro atoms. The van der Waals surface area contributed by atoms with E-state index in [-0.39, 0.29) is 6.10 Å². The Morgan fingerprint density at radius 1 is 0.944 bits per heavy atom. The summed E-state index contributed by atoms with van der Waals surface area (Å²) < 4.78 is 10.9. The molecule has 5 atom stereocenters. The molecular weight excluding hydrogens is 240 g/mol. The highest BCUT2D eigenvalue weighted by Gasteiger charge is 2.44. The maximum atomic E-state index is 9.81. The Balaban J connectivity index is 1.93. The molecule has 0 aromatic carbocycles. The molecule has 1 saturated carbocycles. The van der Waals surface area contributed by atoms with Crippen molar-refractivity contribution in [1.82, 2.24) is 0 Å². The SMILES string of the molecule is OC[C@H]1O[C@@H](OC2CCCCC2)[C@H](O)[C@@H](O)[C@H]1O. The van der Waals surface area contributed by atoms with Gasteiger partial charge in [0.05, 0.1) is 12.7 Å². The molecule has 1 saturated heterocycles. The molecule has 4 N–H and O–H groups in total. The average molecular weight is 262 g/mol. The monoisotopic (exact) mass is 262 g/mol. The minimum absolute atomic E-state index is 0.0141. The zero-order valence-corrected chi connectivity index (χ0v) is 10.3. The molecule has 0 radical (unpaired) electrons. The van der Waals surface area contributed by atoms with Gasteiger partial charge < -0.3 is 29.9 Å². The van der Waals surface area contributed by atoms with Gasteiger partial charge in [0, 0.05) is 0 Å². The van der Waals surface area contributed by atoms with Crippen molar-refractivity contribution in [2.75, 3.05) is 6.61 Å². The minimum atomic E-state index is -1.36. The normalized spacial score (nSPS) is 43.0. The fraction of sp³-hybridized carbons (Fsp3) is 1.00. The molecule has 0 aromatic rings. The average Bonchev–Trinajstić information content (AvgIpc) is 2.40. The smallest absolute Gasteiger partial charge is 0.186 e. The molecule has 1 heterocycles. The number of rotatable bonds is 3. The van der Waals surface area contributed by atoms with E-state index >= 15 is 0 Å². The van der Waals surface area contributed by atoms with E-state index < -0.39 is 37.3 Å². The van der Waals surface area contributed by atoms with Crippen LogP contribution in [-0.2, 0) is 9.47 Å². The lowest BCUT2D eigenvalue weighted by atomic mass is 9.96. The van der Waals surface area contributed by atoms with E-state index in [2.05, 4.69) is 0 Å². The number of ether oxygens (including phenoxy) is 2. The van der Waals surface area contributed by atoms with Crippen LogP contribution >= 0.6 is 0 Å². The minimum Gasteiger partial charge on any atom is -0.394 e. The van der Waals surface area contributed by atoms with E-state index in [0.29, 0.717) is 0 Å². The second-order valence-corrected chi connectivity index (χ2v) is 5.09. The Hall–Kier alpha value is -0.240. The summed E-state index contributed by atoms with van der Waals surface area (Å²) in [7, 11) is 0. The first-order chi connectivity index (χ1) is 8.63. The summed E-state index contributed by atoms with van der Waals surface area (Å²) in [6, 6.07) is 0. The fourth-order valence-corrected chi connectivity index (χ4v) is 2.57. The summed E-state index contributed by atoms with van der Waals surface area (Å²) in [6.07, 6.45) is -0.644. The number of hydrogen-bond donors (Lipinski definition) is 4. The van der Waals surface area contributed by atoms with Crippen LogP contribution in [0.4, 0.5) is 0 Å². The highest BCUT2D eigenvalue weighted by molar-refractivity contribution is 4.89. The Morgan fingerprint density at radius 3 is 2.22 bits per heavy atom. The van der Waals surface area contributed by atoms with Gasteiger partial charge in [-0.2, -0.15) is 0 Å². The van der Waals surface area contributed by atoms with Gasteiger partial charge in [0.25, 0.3) is 0 Å². The van der Waals surface area contributed by atoms with Crippen LogP contribution in [0.3, 0.4) is 0 Å². The molecule has 0 amide bonds. The van der Waals surface area contributed by atoms with E-state index in [1.54, 1.807) is 0 Å². The Morgan fingerprint density at radius 2 is 1.61 bits per heavy atom. The van der Waals surface area contributed by atoms with Crippen molar-refractivity contribution in [3.8, 4) is 0 Å². The molecule has 106 valence electrons. The largest absolute Gasteiger partial charge is 0.394 e. The number of hydrogen-bond acceptors (Lipinski definition) is 6. The first-order valence-electron chi connectivity index (χ1n) is 6.59. The van der Waals surface area contributed by atoms with Gasteiger partial charge in [-0.1, -0.05) is 19.3 Å². The summed E-state index contributed by atoms with van der Waals surface area (Å²) in [5, 5.41) is 38.1. The Kier molecular flexibility index (Phi) is 4.94. The topological polar surface area (TPSA) is 99.4 Å². The van der Waals surface area contributed by atoms with Crippen LogP contribution in [0.25, 0.3) is 0 Å². The van der Waals surface area contributed by atoms with Crippen molar-refractivity contribution in [1.29, 1.82) is 0 Å². The third-order valence-electron chi connectivity index (χ3n) is 3.73. The quantitative estimate of drug-likeness (QED) is 0.528. The summed E-state index contributed by atoms with van der Waals surface area (Å²) >= 11 is 0. The van der Waals surface area contributed by atoms with Crippen LogP contribution in [0, 0.1) is 0 Å². The molecule has 0 bridgehead atoms. The van der Waals surface area contributed by atoms with Gasteiger partial charge in [0.15, 0.2) is 6.29 Å². The summed E-state index contributed by atoms with van der Waals surface area (Å²) in [4.78, 5) is 0. The van der Waals surface area contributed by atoms with Crippen molar-refractivity contribution in [2.45, 2.75) is 68.9 Å². The van der Waals surface area contributed by atoms with Gasteiger partial charge in [-0.3, -0.25) is 0 Å².